The van der Waals surface area contributed by atoms with Gasteiger partial charge in [0.25, 0.3) is 0 Å². The molecule has 0 saturated carbocycles. The lowest BCUT2D eigenvalue weighted by atomic mass is 10.0. The molecule has 2 heterocycles. The number of rotatable bonds is 1. The zero-order chi connectivity index (χ0) is 19.0. The Morgan fingerprint density at radius 3 is 1.73 bits per heavy atom. The van der Waals surface area contributed by atoms with Gasteiger partial charge in [0.05, 0.1) is 9.40 Å². The van der Waals surface area contributed by atoms with Crippen LogP contribution in [0.1, 0.15) is 29.5 Å². The predicted molar refractivity (Wildman–Crippen MR) is 105 cm³/mol. The van der Waals surface area contributed by atoms with Crippen molar-refractivity contribution in [3.8, 4) is 24.3 Å². The number of fused-ring (bicyclic) bond motifs is 3. The van der Waals surface area contributed by atoms with Crippen LogP contribution < -0.4 is 10.4 Å². The van der Waals surface area contributed by atoms with Crippen molar-refractivity contribution in [3.05, 3.63) is 32.3 Å². The third kappa shape index (κ3) is 2.54. The highest BCUT2D eigenvalue weighted by atomic mass is 32.1. The summed E-state index contributed by atoms with van der Waals surface area (Å²) < 4.78 is 1.99. The number of benzene rings is 1. The van der Waals surface area contributed by atoms with E-state index < -0.39 is 0 Å². The SMILES string of the molecule is Cc1cc2c(=C(C#N)C#N)c(=C(C#N)C#N)c3cc(C(C)C)sc3c2s1. The van der Waals surface area contributed by atoms with Gasteiger partial charge >= 0.3 is 0 Å². The van der Waals surface area contributed by atoms with E-state index in [-0.39, 0.29) is 11.1 Å². The second-order valence-corrected chi connectivity index (χ2v) is 8.43. The van der Waals surface area contributed by atoms with Crippen molar-refractivity contribution < 1.29 is 0 Å². The van der Waals surface area contributed by atoms with Crippen molar-refractivity contribution in [2.24, 2.45) is 0 Å². The summed E-state index contributed by atoms with van der Waals surface area (Å²) in [5.41, 5.74) is -0.156. The second kappa shape index (κ2) is 6.62. The highest BCUT2D eigenvalue weighted by Gasteiger charge is 2.18. The third-order valence-electron chi connectivity index (χ3n) is 4.12. The maximum atomic E-state index is 9.51. The van der Waals surface area contributed by atoms with Gasteiger partial charge in [-0.25, -0.2) is 0 Å². The van der Waals surface area contributed by atoms with E-state index in [9.17, 15) is 21.0 Å². The van der Waals surface area contributed by atoms with Gasteiger partial charge in [0.15, 0.2) is 0 Å². The van der Waals surface area contributed by atoms with Crippen LogP contribution in [0.15, 0.2) is 12.1 Å². The standard InChI is InChI=1S/C20H12N4S2/c1-10(2)16-5-15-18(13(8-23)9-24)17(12(6-21)7-22)14-4-11(3)25-19(14)20(15)26-16/h4-5,10H,1-3H3. The van der Waals surface area contributed by atoms with E-state index in [1.165, 1.54) is 0 Å². The average molecular weight is 372 g/mol. The van der Waals surface area contributed by atoms with Crippen LogP contribution >= 0.6 is 22.7 Å². The zero-order valence-corrected chi connectivity index (χ0v) is 16.0. The van der Waals surface area contributed by atoms with Crippen molar-refractivity contribution in [2.75, 3.05) is 0 Å². The maximum Gasteiger partial charge on any atom is 0.138 e. The molecule has 3 rings (SSSR count). The van der Waals surface area contributed by atoms with Gasteiger partial charge in [-0.05, 0) is 25.0 Å². The van der Waals surface area contributed by atoms with E-state index in [4.69, 9.17) is 0 Å². The van der Waals surface area contributed by atoms with E-state index in [1.807, 2.05) is 43.3 Å². The highest BCUT2D eigenvalue weighted by molar-refractivity contribution is 7.27. The summed E-state index contributed by atoms with van der Waals surface area (Å²) in [6.45, 7) is 6.14. The van der Waals surface area contributed by atoms with Gasteiger partial charge in [-0.1, -0.05) is 13.8 Å². The first kappa shape index (κ1) is 17.7. The first-order valence-corrected chi connectivity index (χ1v) is 9.44. The van der Waals surface area contributed by atoms with Crippen LogP contribution in [0.2, 0.25) is 0 Å². The summed E-state index contributed by atoms with van der Waals surface area (Å²) in [6.07, 6.45) is 0. The van der Waals surface area contributed by atoms with E-state index in [1.54, 1.807) is 22.7 Å². The molecule has 0 atom stereocenters. The number of hydrogen-bond donors (Lipinski definition) is 0. The molecule has 0 saturated heterocycles. The minimum Gasteiger partial charge on any atom is -0.192 e. The van der Waals surface area contributed by atoms with Crippen LogP contribution in [0, 0.1) is 52.2 Å². The fourth-order valence-electron chi connectivity index (χ4n) is 2.98. The molecule has 1 aromatic carbocycles. The van der Waals surface area contributed by atoms with Crippen LogP contribution in [-0.2, 0) is 0 Å². The fraction of sp³-hybridized carbons (Fsp3) is 0.200. The molecule has 0 amide bonds. The molecule has 0 aliphatic rings. The molecule has 0 spiro atoms. The molecule has 4 nitrogen and oxygen atoms in total. The number of thiophene rings is 2. The largest absolute Gasteiger partial charge is 0.192 e. The summed E-state index contributed by atoms with van der Waals surface area (Å²) in [7, 11) is 0. The van der Waals surface area contributed by atoms with Crippen LogP contribution in [-0.4, -0.2) is 0 Å². The number of nitriles is 4. The Morgan fingerprint density at radius 2 is 1.27 bits per heavy atom. The molecule has 3 aromatic rings. The topological polar surface area (TPSA) is 95.2 Å². The molecule has 6 heteroatoms. The lowest BCUT2D eigenvalue weighted by molar-refractivity contribution is 0.890. The summed E-state index contributed by atoms with van der Waals surface area (Å²) in [4.78, 5) is 2.18. The van der Waals surface area contributed by atoms with Crippen molar-refractivity contribution in [2.45, 2.75) is 26.7 Å². The lowest BCUT2D eigenvalue weighted by Gasteiger charge is -1.99. The Kier molecular flexibility index (Phi) is 4.50. The predicted octanol–water partition coefficient (Wildman–Crippen LogP) is 3.94. The van der Waals surface area contributed by atoms with Gasteiger partial charge in [0.1, 0.15) is 35.4 Å². The molecule has 2 aromatic heterocycles. The van der Waals surface area contributed by atoms with Crippen molar-refractivity contribution in [3.63, 3.8) is 0 Å². The highest BCUT2D eigenvalue weighted by Crippen LogP contribution is 2.36. The molecular weight excluding hydrogens is 360 g/mol. The second-order valence-electron chi connectivity index (χ2n) is 6.09. The lowest BCUT2D eigenvalue weighted by Crippen LogP contribution is -2.30. The van der Waals surface area contributed by atoms with Crippen molar-refractivity contribution in [1.82, 2.24) is 0 Å². The van der Waals surface area contributed by atoms with Gasteiger partial charge in [0, 0.05) is 31.0 Å². The molecule has 0 aliphatic carbocycles. The summed E-state index contributed by atoms with van der Waals surface area (Å²) in [6, 6.07) is 11.7. The Bertz CT molecular complexity index is 1320. The number of aryl methyl sites for hydroxylation is 1. The fourth-order valence-corrected chi connectivity index (χ4v) is 5.32. The van der Waals surface area contributed by atoms with Gasteiger partial charge in [-0.15, -0.1) is 22.7 Å². The van der Waals surface area contributed by atoms with Crippen molar-refractivity contribution in [1.29, 1.82) is 21.0 Å². The van der Waals surface area contributed by atoms with Crippen LogP contribution in [0.5, 0.6) is 0 Å². The molecule has 0 aliphatic heterocycles. The molecule has 0 unspecified atom stereocenters. The summed E-state index contributed by atoms with van der Waals surface area (Å²) >= 11 is 3.24. The first-order chi connectivity index (χ1) is 12.5. The smallest absolute Gasteiger partial charge is 0.138 e. The van der Waals surface area contributed by atoms with Gasteiger partial charge < -0.3 is 0 Å². The molecular formula is C20H12N4S2. The third-order valence-corrected chi connectivity index (χ3v) is 6.77. The molecule has 0 radical (unpaired) electrons. The van der Waals surface area contributed by atoms with Crippen LogP contribution in [0.3, 0.4) is 0 Å². The number of hydrogen-bond acceptors (Lipinski definition) is 6. The van der Waals surface area contributed by atoms with Crippen LogP contribution in [0.25, 0.3) is 31.3 Å². The van der Waals surface area contributed by atoms with Crippen LogP contribution in [0.4, 0.5) is 0 Å². The minimum atomic E-state index is -0.0787. The van der Waals surface area contributed by atoms with E-state index in [2.05, 4.69) is 13.8 Å². The van der Waals surface area contributed by atoms with Crippen molar-refractivity contribution >= 4 is 54.0 Å². The zero-order valence-electron chi connectivity index (χ0n) is 14.3. The molecule has 0 fully saturated rings. The Labute approximate surface area is 158 Å². The minimum absolute atomic E-state index is 0.0770. The van der Waals surface area contributed by atoms with Gasteiger partial charge in [-0.2, -0.15) is 21.0 Å². The average Bonchev–Trinajstić information content (AvgIpc) is 3.21. The van der Waals surface area contributed by atoms with E-state index >= 15 is 0 Å². The maximum absolute atomic E-state index is 9.51. The Morgan fingerprint density at radius 1 is 0.808 bits per heavy atom. The van der Waals surface area contributed by atoms with E-state index in [0.717, 1.165) is 29.9 Å². The van der Waals surface area contributed by atoms with E-state index in [0.29, 0.717) is 16.4 Å². The van der Waals surface area contributed by atoms with Gasteiger partial charge in [0.2, 0.25) is 0 Å². The molecule has 0 bridgehead atoms. The Balaban J connectivity index is 2.90. The molecule has 0 N–H and O–H groups in total. The number of nitrogens with zero attached hydrogens (tertiary/aromatic N) is 4. The molecule has 124 valence electrons. The molecule has 26 heavy (non-hydrogen) atoms. The monoisotopic (exact) mass is 372 g/mol. The summed E-state index contributed by atoms with van der Waals surface area (Å²) in [5.74, 6) is 0.294. The van der Waals surface area contributed by atoms with Gasteiger partial charge in [-0.3, -0.25) is 0 Å². The quantitative estimate of drug-likeness (QED) is 0.646. The normalized spacial score (nSPS) is 10.3. The first-order valence-electron chi connectivity index (χ1n) is 7.81. The summed E-state index contributed by atoms with van der Waals surface area (Å²) in [5, 5.41) is 40.3. The Hall–Kier alpha value is -3.16.